The lowest BCUT2D eigenvalue weighted by molar-refractivity contribution is 0.625. The average molecular weight is 202 g/mol. The summed E-state index contributed by atoms with van der Waals surface area (Å²) in [7, 11) is 0. The number of fused-ring (bicyclic) bond motifs is 1. The number of H-pyrrole nitrogens is 1. The molecule has 0 saturated heterocycles. The van der Waals surface area contributed by atoms with Gasteiger partial charge in [0.25, 0.3) is 0 Å². The molecule has 80 valence electrons. The fourth-order valence-electron chi connectivity index (χ4n) is 1.95. The van der Waals surface area contributed by atoms with Crippen molar-refractivity contribution < 1.29 is 0 Å². The van der Waals surface area contributed by atoms with Gasteiger partial charge in [-0.2, -0.15) is 0 Å². The van der Waals surface area contributed by atoms with Gasteiger partial charge < -0.3 is 10.7 Å². The second kappa shape index (κ2) is 4.49. The number of aromatic amines is 1. The number of aryl methyl sites for hydroxylation is 1. The minimum atomic E-state index is 0.315. The van der Waals surface area contributed by atoms with Gasteiger partial charge in [-0.25, -0.2) is 0 Å². The molecule has 1 atom stereocenters. The Hall–Kier alpha value is -1.28. The molecule has 0 aliphatic heterocycles. The van der Waals surface area contributed by atoms with Crippen LogP contribution in [0.5, 0.6) is 0 Å². The van der Waals surface area contributed by atoms with Crippen LogP contribution < -0.4 is 5.73 Å². The molecule has 3 N–H and O–H groups in total. The molecule has 1 aromatic heterocycles. The van der Waals surface area contributed by atoms with E-state index in [-0.39, 0.29) is 0 Å². The summed E-state index contributed by atoms with van der Waals surface area (Å²) in [5.74, 6) is 0. The first-order chi connectivity index (χ1) is 7.27. The van der Waals surface area contributed by atoms with Crippen molar-refractivity contribution in [3.8, 4) is 0 Å². The lowest BCUT2D eigenvalue weighted by Crippen LogP contribution is -2.14. The third kappa shape index (κ3) is 2.39. The highest BCUT2D eigenvalue weighted by Crippen LogP contribution is 2.19. The summed E-state index contributed by atoms with van der Waals surface area (Å²) in [6, 6.07) is 8.75. The maximum absolute atomic E-state index is 5.74. The molecular formula is C13H18N2. The molecule has 1 aromatic carbocycles. The van der Waals surface area contributed by atoms with Crippen molar-refractivity contribution in [2.75, 3.05) is 0 Å². The van der Waals surface area contributed by atoms with Crippen LogP contribution in [0.1, 0.15) is 25.3 Å². The smallest absolute Gasteiger partial charge is 0.0456 e. The van der Waals surface area contributed by atoms with Crippen molar-refractivity contribution in [1.82, 2.24) is 4.98 Å². The maximum atomic E-state index is 5.74. The summed E-state index contributed by atoms with van der Waals surface area (Å²) >= 11 is 0. The van der Waals surface area contributed by atoms with Crippen LogP contribution in [0.3, 0.4) is 0 Å². The van der Waals surface area contributed by atoms with Gasteiger partial charge in [0, 0.05) is 23.1 Å². The number of rotatable bonds is 4. The van der Waals surface area contributed by atoms with Crippen LogP contribution >= 0.6 is 0 Å². The Morgan fingerprint density at radius 2 is 2.13 bits per heavy atom. The molecule has 2 heteroatoms. The molecule has 0 radical (unpaired) electrons. The van der Waals surface area contributed by atoms with E-state index in [0.29, 0.717) is 6.04 Å². The Kier molecular flexibility index (Phi) is 3.07. The second-order valence-corrected chi connectivity index (χ2v) is 4.23. The molecule has 0 fully saturated rings. The highest BCUT2D eigenvalue weighted by atomic mass is 14.7. The number of benzene rings is 1. The highest BCUT2D eigenvalue weighted by Gasteiger charge is 2.02. The number of para-hydroxylation sites is 1. The summed E-state index contributed by atoms with van der Waals surface area (Å²) in [6.45, 7) is 2.06. The molecule has 0 aliphatic carbocycles. The predicted octanol–water partition coefficient (Wildman–Crippen LogP) is 2.84. The fourth-order valence-corrected chi connectivity index (χ4v) is 1.95. The summed E-state index contributed by atoms with van der Waals surface area (Å²) in [4.78, 5) is 3.30. The Morgan fingerprint density at radius 3 is 2.93 bits per heavy atom. The Morgan fingerprint density at radius 1 is 1.33 bits per heavy atom. The van der Waals surface area contributed by atoms with Gasteiger partial charge in [0.15, 0.2) is 0 Å². The normalized spacial score (nSPS) is 13.2. The van der Waals surface area contributed by atoms with E-state index < -0.39 is 0 Å². The fraction of sp³-hybridized carbons (Fsp3) is 0.385. The number of hydrogen-bond donors (Lipinski definition) is 2. The lowest BCUT2D eigenvalue weighted by Gasteiger charge is -2.03. The summed E-state index contributed by atoms with van der Waals surface area (Å²) < 4.78 is 0. The summed E-state index contributed by atoms with van der Waals surface area (Å²) in [5, 5.41) is 1.35. The summed E-state index contributed by atoms with van der Waals surface area (Å²) in [5.41, 5.74) is 8.38. The molecule has 2 rings (SSSR count). The molecule has 0 bridgehead atoms. The zero-order valence-electron chi connectivity index (χ0n) is 9.16. The SMILES string of the molecule is CC(N)CCCc1c[nH]c2ccccc12. The number of nitrogens with two attached hydrogens (primary N) is 1. The Labute approximate surface area is 90.5 Å². The molecule has 15 heavy (non-hydrogen) atoms. The van der Waals surface area contributed by atoms with Crippen LogP contribution in [-0.4, -0.2) is 11.0 Å². The molecule has 1 heterocycles. The van der Waals surface area contributed by atoms with Crippen LogP contribution in [0.15, 0.2) is 30.5 Å². The number of aromatic nitrogens is 1. The van der Waals surface area contributed by atoms with Gasteiger partial charge in [-0.1, -0.05) is 18.2 Å². The molecule has 1 unspecified atom stereocenters. The quantitative estimate of drug-likeness (QED) is 0.786. The van der Waals surface area contributed by atoms with Crippen LogP contribution in [0.4, 0.5) is 0 Å². The van der Waals surface area contributed by atoms with Gasteiger partial charge in [0.2, 0.25) is 0 Å². The van der Waals surface area contributed by atoms with Gasteiger partial charge in [-0.3, -0.25) is 0 Å². The summed E-state index contributed by atoms with van der Waals surface area (Å²) in [6.07, 6.45) is 5.50. The van der Waals surface area contributed by atoms with Gasteiger partial charge in [-0.05, 0) is 37.8 Å². The first kappa shape index (κ1) is 10.2. The van der Waals surface area contributed by atoms with Crippen LogP contribution in [0.2, 0.25) is 0 Å². The molecule has 2 nitrogen and oxygen atoms in total. The van der Waals surface area contributed by atoms with Crippen molar-refractivity contribution >= 4 is 10.9 Å². The van der Waals surface area contributed by atoms with E-state index in [0.717, 1.165) is 12.8 Å². The van der Waals surface area contributed by atoms with Crippen molar-refractivity contribution in [3.05, 3.63) is 36.0 Å². The van der Waals surface area contributed by atoms with E-state index in [4.69, 9.17) is 5.73 Å². The third-order valence-corrected chi connectivity index (χ3v) is 2.78. The first-order valence-electron chi connectivity index (χ1n) is 5.58. The van der Waals surface area contributed by atoms with E-state index in [1.165, 1.54) is 22.9 Å². The van der Waals surface area contributed by atoms with Crippen LogP contribution in [-0.2, 0) is 6.42 Å². The van der Waals surface area contributed by atoms with Crippen molar-refractivity contribution in [2.24, 2.45) is 5.73 Å². The van der Waals surface area contributed by atoms with Gasteiger partial charge in [0.05, 0.1) is 0 Å². The van der Waals surface area contributed by atoms with E-state index in [2.05, 4.69) is 42.4 Å². The third-order valence-electron chi connectivity index (χ3n) is 2.78. The van der Waals surface area contributed by atoms with E-state index >= 15 is 0 Å². The van der Waals surface area contributed by atoms with Gasteiger partial charge in [0.1, 0.15) is 0 Å². The minimum Gasteiger partial charge on any atom is -0.361 e. The molecule has 0 spiro atoms. The molecule has 0 aliphatic rings. The molecule has 2 aromatic rings. The molecule has 0 amide bonds. The molecule has 0 saturated carbocycles. The van der Waals surface area contributed by atoms with Gasteiger partial charge >= 0.3 is 0 Å². The largest absolute Gasteiger partial charge is 0.361 e. The van der Waals surface area contributed by atoms with E-state index in [9.17, 15) is 0 Å². The second-order valence-electron chi connectivity index (χ2n) is 4.23. The van der Waals surface area contributed by atoms with Crippen molar-refractivity contribution in [1.29, 1.82) is 0 Å². The van der Waals surface area contributed by atoms with Gasteiger partial charge in [-0.15, -0.1) is 0 Å². The molecular weight excluding hydrogens is 184 g/mol. The van der Waals surface area contributed by atoms with E-state index in [1.807, 2.05) is 0 Å². The van der Waals surface area contributed by atoms with Crippen LogP contribution in [0, 0.1) is 0 Å². The zero-order chi connectivity index (χ0) is 10.7. The first-order valence-corrected chi connectivity index (χ1v) is 5.58. The predicted molar refractivity (Wildman–Crippen MR) is 64.9 cm³/mol. The van der Waals surface area contributed by atoms with Crippen LogP contribution in [0.25, 0.3) is 10.9 Å². The average Bonchev–Trinajstić information content (AvgIpc) is 2.62. The Bertz CT molecular complexity index is 429. The van der Waals surface area contributed by atoms with E-state index in [1.54, 1.807) is 0 Å². The Balaban J connectivity index is 2.08. The van der Waals surface area contributed by atoms with Crippen molar-refractivity contribution in [3.63, 3.8) is 0 Å². The highest BCUT2D eigenvalue weighted by molar-refractivity contribution is 5.82. The monoisotopic (exact) mass is 202 g/mol. The lowest BCUT2D eigenvalue weighted by atomic mass is 10.1. The number of nitrogens with one attached hydrogen (secondary N) is 1. The topological polar surface area (TPSA) is 41.8 Å². The number of hydrogen-bond acceptors (Lipinski definition) is 1. The standard InChI is InChI=1S/C13H18N2/c1-10(14)5-4-6-11-9-15-13-8-3-2-7-12(11)13/h2-3,7-10,15H,4-6,14H2,1H3. The minimum absolute atomic E-state index is 0.315. The van der Waals surface area contributed by atoms with Crippen molar-refractivity contribution in [2.45, 2.75) is 32.2 Å². The zero-order valence-corrected chi connectivity index (χ0v) is 9.16. The maximum Gasteiger partial charge on any atom is 0.0456 e.